The van der Waals surface area contributed by atoms with Gasteiger partial charge in [0.25, 0.3) is 5.91 Å². The van der Waals surface area contributed by atoms with Gasteiger partial charge in [0, 0.05) is 12.7 Å². The van der Waals surface area contributed by atoms with E-state index < -0.39 is 5.91 Å². The summed E-state index contributed by atoms with van der Waals surface area (Å²) in [5.41, 5.74) is 2.20. The summed E-state index contributed by atoms with van der Waals surface area (Å²) in [4.78, 5) is 13.4. The first-order valence-corrected chi connectivity index (χ1v) is 6.02. The number of aliphatic hydroxyl groups is 1. The molecule has 0 radical (unpaired) electrons. The maximum atomic E-state index is 11.2. The van der Waals surface area contributed by atoms with E-state index in [2.05, 4.69) is 10.1 Å². The highest BCUT2D eigenvalue weighted by molar-refractivity contribution is 5.91. The predicted octanol–water partition coefficient (Wildman–Crippen LogP) is -0.518. The zero-order valence-corrected chi connectivity index (χ0v) is 10.1. The molecule has 18 heavy (non-hydrogen) atoms. The number of carbonyl (C=O) groups is 1. The third kappa shape index (κ3) is 3.06. The van der Waals surface area contributed by atoms with Crippen LogP contribution in [0, 0.1) is 5.92 Å². The maximum absolute atomic E-state index is 11.2. The van der Waals surface area contributed by atoms with Crippen LogP contribution in [0.2, 0.25) is 0 Å². The summed E-state index contributed by atoms with van der Waals surface area (Å²) in [6.07, 6.45) is 1.97. The Balaban J connectivity index is 1.86. The number of piperidine rings is 1. The molecular formula is C11H18N4O3. The SMILES string of the molecule is NNC(=O)c1cc(CN2CCC(CO)CC2)on1. The first-order valence-electron chi connectivity index (χ1n) is 6.02. The van der Waals surface area contributed by atoms with Crippen molar-refractivity contribution in [3.63, 3.8) is 0 Å². The number of nitrogens with zero attached hydrogens (tertiary/aromatic N) is 2. The number of rotatable bonds is 4. The number of aromatic nitrogens is 1. The number of hydrazine groups is 1. The van der Waals surface area contributed by atoms with Crippen molar-refractivity contribution < 1.29 is 14.4 Å². The first-order chi connectivity index (χ1) is 8.72. The molecule has 7 heteroatoms. The van der Waals surface area contributed by atoms with Crippen molar-refractivity contribution >= 4 is 5.91 Å². The molecule has 0 spiro atoms. The molecule has 1 saturated heterocycles. The fourth-order valence-corrected chi connectivity index (χ4v) is 2.12. The minimum Gasteiger partial charge on any atom is -0.396 e. The van der Waals surface area contributed by atoms with E-state index in [4.69, 9.17) is 15.5 Å². The van der Waals surface area contributed by atoms with E-state index in [9.17, 15) is 4.79 Å². The van der Waals surface area contributed by atoms with Crippen LogP contribution >= 0.6 is 0 Å². The van der Waals surface area contributed by atoms with Crippen molar-refractivity contribution in [3.05, 3.63) is 17.5 Å². The Morgan fingerprint density at radius 2 is 2.33 bits per heavy atom. The molecule has 1 amide bonds. The average Bonchev–Trinajstić information content (AvgIpc) is 2.87. The lowest BCUT2D eigenvalue weighted by atomic mass is 9.98. The standard InChI is InChI=1S/C11H18N4O3/c12-13-11(17)10-5-9(18-14-10)6-15-3-1-8(7-16)2-4-15/h5,8,16H,1-4,6-7,12H2,(H,13,17). The lowest BCUT2D eigenvalue weighted by molar-refractivity contribution is 0.0944. The topological polar surface area (TPSA) is 105 Å². The van der Waals surface area contributed by atoms with Gasteiger partial charge in [-0.1, -0.05) is 5.16 Å². The normalized spacial score (nSPS) is 17.9. The molecule has 1 aliphatic heterocycles. The Hall–Kier alpha value is -1.44. The van der Waals surface area contributed by atoms with Crippen LogP contribution in [0.4, 0.5) is 0 Å². The van der Waals surface area contributed by atoms with Gasteiger partial charge in [-0.3, -0.25) is 15.1 Å². The van der Waals surface area contributed by atoms with Gasteiger partial charge in [-0.25, -0.2) is 5.84 Å². The van der Waals surface area contributed by atoms with Crippen molar-refractivity contribution in [2.24, 2.45) is 11.8 Å². The molecule has 0 saturated carbocycles. The molecule has 4 N–H and O–H groups in total. The van der Waals surface area contributed by atoms with Crippen molar-refractivity contribution in [2.45, 2.75) is 19.4 Å². The molecule has 0 bridgehead atoms. The van der Waals surface area contributed by atoms with Gasteiger partial charge in [0.15, 0.2) is 11.5 Å². The smallest absolute Gasteiger partial charge is 0.287 e. The van der Waals surface area contributed by atoms with E-state index in [1.54, 1.807) is 6.07 Å². The first kappa shape index (κ1) is 13.0. The number of carbonyl (C=O) groups excluding carboxylic acids is 1. The summed E-state index contributed by atoms with van der Waals surface area (Å²) in [5.74, 6) is 5.62. The molecule has 0 aliphatic carbocycles. The summed E-state index contributed by atoms with van der Waals surface area (Å²) in [5, 5.41) is 12.7. The molecule has 0 aromatic carbocycles. The highest BCUT2D eigenvalue weighted by atomic mass is 16.5. The van der Waals surface area contributed by atoms with Gasteiger partial charge in [0.2, 0.25) is 0 Å². The Bertz CT molecular complexity index is 399. The zero-order chi connectivity index (χ0) is 13.0. The summed E-state index contributed by atoms with van der Waals surface area (Å²) in [6.45, 7) is 2.73. The van der Waals surface area contributed by atoms with Crippen LogP contribution in [-0.2, 0) is 6.54 Å². The summed E-state index contributed by atoms with van der Waals surface area (Å²) >= 11 is 0. The van der Waals surface area contributed by atoms with Crippen molar-refractivity contribution in [2.75, 3.05) is 19.7 Å². The minimum absolute atomic E-state index is 0.192. The largest absolute Gasteiger partial charge is 0.396 e. The maximum Gasteiger partial charge on any atom is 0.287 e. The number of aliphatic hydroxyl groups excluding tert-OH is 1. The monoisotopic (exact) mass is 254 g/mol. The van der Waals surface area contributed by atoms with E-state index in [0.717, 1.165) is 25.9 Å². The third-order valence-electron chi connectivity index (χ3n) is 3.27. The molecule has 1 aromatic heterocycles. The number of hydrogen-bond donors (Lipinski definition) is 3. The fraction of sp³-hybridized carbons (Fsp3) is 0.636. The second-order valence-corrected chi connectivity index (χ2v) is 4.55. The van der Waals surface area contributed by atoms with Gasteiger partial charge in [0.05, 0.1) is 6.54 Å². The van der Waals surface area contributed by atoms with Gasteiger partial charge >= 0.3 is 0 Å². The molecular weight excluding hydrogens is 236 g/mol. The van der Waals surface area contributed by atoms with Gasteiger partial charge in [-0.15, -0.1) is 0 Å². The average molecular weight is 254 g/mol. The number of likely N-dealkylation sites (tertiary alicyclic amines) is 1. The Morgan fingerprint density at radius 3 is 2.94 bits per heavy atom. The molecule has 1 aromatic rings. The molecule has 1 aliphatic rings. The fourth-order valence-electron chi connectivity index (χ4n) is 2.12. The molecule has 2 heterocycles. The van der Waals surface area contributed by atoms with E-state index in [-0.39, 0.29) is 12.3 Å². The third-order valence-corrected chi connectivity index (χ3v) is 3.27. The lowest BCUT2D eigenvalue weighted by Crippen LogP contribution is -2.34. The Kier molecular flexibility index (Phi) is 4.29. The molecule has 100 valence electrons. The van der Waals surface area contributed by atoms with Gasteiger partial charge in [0.1, 0.15) is 0 Å². The van der Waals surface area contributed by atoms with Crippen LogP contribution in [0.15, 0.2) is 10.6 Å². The van der Waals surface area contributed by atoms with Gasteiger partial charge < -0.3 is 9.63 Å². The quantitative estimate of drug-likeness (QED) is 0.379. The summed E-state index contributed by atoms with van der Waals surface area (Å²) in [7, 11) is 0. The number of hydrogen-bond acceptors (Lipinski definition) is 6. The predicted molar refractivity (Wildman–Crippen MR) is 63.2 cm³/mol. The number of nitrogens with two attached hydrogens (primary N) is 1. The van der Waals surface area contributed by atoms with Crippen LogP contribution in [0.25, 0.3) is 0 Å². The summed E-state index contributed by atoms with van der Waals surface area (Å²) < 4.78 is 5.09. The van der Waals surface area contributed by atoms with E-state index >= 15 is 0 Å². The van der Waals surface area contributed by atoms with Crippen LogP contribution in [0.5, 0.6) is 0 Å². The highest BCUT2D eigenvalue weighted by Crippen LogP contribution is 2.18. The minimum atomic E-state index is -0.455. The van der Waals surface area contributed by atoms with Crippen LogP contribution < -0.4 is 11.3 Å². The molecule has 1 fully saturated rings. The molecule has 2 rings (SSSR count). The molecule has 7 nitrogen and oxygen atoms in total. The molecule has 0 atom stereocenters. The Morgan fingerprint density at radius 1 is 1.61 bits per heavy atom. The van der Waals surface area contributed by atoms with Crippen molar-refractivity contribution in [3.8, 4) is 0 Å². The summed E-state index contributed by atoms with van der Waals surface area (Å²) in [6, 6.07) is 1.60. The zero-order valence-electron chi connectivity index (χ0n) is 10.1. The number of amides is 1. The second-order valence-electron chi connectivity index (χ2n) is 4.55. The highest BCUT2D eigenvalue weighted by Gasteiger charge is 2.20. The number of nitrogen functional groups attached to an aromatic ring is 1. The second kappa shape index (κ2) is 5.94. The van der Waals surface area contributed by atoms with Gasteiger partial charge in [-0.05, 0) is 31.8 Å². The van der Waals surface area contributed by atoms with Crippen molar-refractivity contribution in [1.29, 1.82) is 0 Å². The van der Waals surface area contributed by atoms with Crippen LogP contribution in [0.1, 0.15) is 29.1 Å². The van der Waals surface area contributed by atoms with Gasteiger partial charge in [-0.2, -0.15) is 0 Å². The number of nitrogens with one attached hydrogen (secondary N) is 1. The van der Waals surface area contributed by atoms with E-state index in [0.29, 0.717) is 18.2 Å². The van der Waals surface area contributed by atoms with Crippen LogP contribution in [-0.4, -0.2) is 40.8 Å². The van der Waals surface area contributed by atoms with Crippen LogP contribution in [0.3, 0.4) is 0 Å². The van der Waals surface area contributed by atoms with Crippen molar-refractivity contribution in [1.82, 2.24) is 15.5 Å². The van der Waals surface area contributed by atoms with E-state index in [1.807, 2.05) is 5.43 Å². The molecule has 0 unspecified atom stereocenters. The Labute approximate surface area is 105 Å². The lowest BCUT2D eigenvalue weighted by Gasteiger charge is -2.30. The van der Waals surface area contributed by atoms with E-state index in [1.165, 1.54) is 0 Å².